The van der Waals surface area contributed by atoms with Crippen molar-refractivity contribution >= 4 is 17.7 Å². The highest BCUT2D eigenvalue weighted by Gasteiger charge is 2.20. The Labute approximate surface area is 177 Å². The number of nitrogens with one attached hydrogen (secondary N) is 2. The predicted molar refractivity (Wildman–Crippen MR) is 118 cm³/mol. The van der Waals surface area contributed by atoms with Gasteiger partial charge >= 0.3 is 0 Å². The van der Waals surface area contributed by atoms with Gasteiger partial charge in [0.2, 0.25) is 0 Å². The van der Waals surface area contributed by atoms with Crippen molar-refractivity contribution in [2.75, 3.05) is 18.8 Å². The van der Waals surface area contributed by atoms with Crippen molar-refractivity contribution in [3.05, 3.63) is 42.5 Å². The summed E-state index contributed by atoms with van der Waals surface area (Å²) in [5.41, 5.74) is 0. The van der Waals surface area contributed by atoms with Gasteiger partial charge in [0.1, 0.15) is 12.2 Å². The van der Waals surface area contributed by atoms with Crippen LogP contribution in [-0.4, -0.2) is 56.8 Å². The number of nitrogens with zero attached hydrogens (tertiary/aromatic N) is 4. The van der Waals surface area contributed by atoms with E-state index in [2.05, 4.69) is 56.6 Å². The average Bonchev–Trinajstić information content (AvgIpc) is 3.21. The smallest absolute Gasteiger partial charge is 0.191 e. The quantitative estimate of drug-likeness (QED) is 0.252. The minimum Gasteiger partial charge on any atom is -0.393 e. The highest BCUT2D eigenvalue weighted by molar-refractivity contribution is 7.99. The zero-order valence-corrected chi connectivity index (χ0v) is 17.9. The zero-order valence-electron chi connectivity index (χ0n) is 17.1. The average molecular weight is 417 g/mol. The molecular formula is C21H32N6OS. The molecule has 0 unspecified atom stereocenters. The van der Waals surface area contributed by atoms with Crippen LogP contribution in [0.15, 0.2) is 46.5 Å². The molecular weight excluding hydrogens is 384 g/mol. The topological polar surface area (TPSA) is 87.4 Å². The van der Waals surface area contributed by atoms with Gasteiger partial charge in [0.05, 0.1) is 12.6 Å². The maximum atomic E-state index is 9.75. The Morgan fingerprint density at radius 1 is 1.24 bits per heavy atom. The Balaban J connectivity index is 1.50. The van der Waals surface area contributed by atoms with Crippen LogP contribution in [0.1, 0.15) is 38.4 Å². The van der Waals surface area contributed by atoms with Crippen LogP contribution < -0.4 is 10.6 Å². The lowest BCUT2D eigenvalue weighted by Gasteiger charge is -2.27. The van der Waals surface area contributed by atoms with E-state index in [9.17, 15) is 5.11 Å². The van der Waals surface area contributed by atoms with Gasteiger partial charge in [-0.15, -0.1) is 22.0 Å². The Morgan fingerprint density at radius 3 is 2.79 bits per heavy atom. The van der Waals surface area contributed by atoms with Gasteiger partial charge in [0.15, 0.2) is 5.96 Å². The molecule has 3 N–H and O–H groups in total. The van der Waals surface area contributed by atoms with Gasteiger partial charge in [-0.3, -0.25) is 4.99 Å². The Hall–Kier alpha value is -2.06. The maximum absolute atomic E-state index is 9.75. The van der Waals surface area contributed by atoms with E-state index in [0.717, 1.165) is 62.7 Å². The lowest BCUT2D eigenvalue weighted by atomic mass is 9.93. The number of guanidine groups is 1. The number of hydrogen-bond donors (Lipinski definition) is 3. The first-order valence-electron chi connectivity index (χ1n) is 10.5. The number of hydrogen-bond acceptors (Lipinski definition) is 5. The molecule has 29 heavy (non-hydrogen) atoms. The second-order valence-electron chi connectivity index (χ2n) is 7.26. The molecule has 0 spiro atoms. The largest absolute Gasteiger partial charge is 0.393 e. The molecule has 0 atom stereocenters. The first-order valence-corrected chi connectivity index (χ1v) is 11.5. The molecule has 1 aromatic carbocycles. The molecule has 3 rings (SSSR count). The Morgan fingerprint density at radius 2 is 2.03 bits per heavy atom. The lowest BCUT2D eigenvalue weighted by molar-refractivity contribution is 0.120. The standard InChI is InChI=1S/C21H32N6OS/c1-2-20-26-24-16-27(20)14-12-22-21(25-17-8-10-18(28)11-9-17)23-13-15-29-19-6-4-3-5-7-19/h3-7,16-18,28H,2,8-15H2,1H3,(H2,22,23,25). The van der Waals surface area contributed by atoms with Crippen molar-refractivity contribution in [1.29, 1.82) is 0 Å². The van der Waals surface area contributed by atoms with Gasteiger partial charge in [-0.2, -0.15) is 0 Å². The molecule has 1 aromatic heterocycles. The van der Waals surface area contributed by atoms with Crippen LogP contribution in [0.3, 0.4) is 0 Å². The molecule has 0 aliphatic heterocycles. The fourth-order valence-corrected chi connectivity index (χ4v) is 4.22. The summed E-state index contributed by atoms with van der Waals surface area (Å²) in [5, 5.41) is 24.9. The fourth-order valence-electron chi connectivity index (χ4n) is 3.43. The van der Waals surface area contributed by atoms with E-state index in [1.807, 2.05) is 17.8 Å². The van der Waals surface area contributed by atoms with Crippen LogP contribution in [0.2, 0.25) is 0 Å². The van der Waals surface area contributed by atoms with Crippen LogP contribution >= 0.6 is 11.8 Å². The third kappa shape index (κ3) is 7.36. The molecule has 0 bridgehead atoms. The van der Waals surface area contributed by atoms with Gasteiger partial charge in [0.25, 0.3) is 0 Å². The van der Waals surface area contributed by atoms with Gasteiger partial charge in [-0.1, -0.05) is 25.1 Å². The molecule has 158 valence electrons. The van der Waals surface area contributed by atoms with Gasteiger partial charge < -0.3 is 20.3 Å². The van der Waals surface area contributed by atoms with Crippen molar-refractivity contribution in [3.8, 4) is 0 Å². The minimum atomic E-state index is -0.148. The van der Waals surface area contributed by atoms with E-state index in [-0.39, 0.29) is 6.10 Å². The molecule has 1 fully saturated rings. The normalized spacial score (nSPS) is 19.9. The number of benzene rings is 1. The number of aromatic nitrogens is 3. The molecule has 7 nitrogen and oxygen atoms in total. The molecule has 1 heterocycles. The third-order valence-corrected chi connectivity index (χ3v) is 6.08. The van der Waals surface area contributed by atoms with Gasteiger partial charge in [-0.05, 0) is 37.8 Å². The number of aliphatic imine (C=N–C) groups is 1. The summed E-state index contributed by atoms with van der Waals surface area (Å²) in [7, 11) is 0. The van der Waals surface area contributed by atoms with Crippen LogP contribution in [-0.2, 0) is 13.0 Å². The summed E-state index contributed by atoms with van der Waals surface area (Å²) in [6.45, 7) is 4.36. The summed E-state index contributed by atoms with van der Waals surface area (Å²) in [4.78, 5) is 6.06. The van der Waals surface area contributed by atoms with E-state index in [1.165, 1.54) is 4.90 Å². The van der Waals surface area contributed by atoms with Crippen LogP contribution in [0.4, 0.5) is 0 Å². The van der Waals surface area contributed by atoms with E-state index in [0.29, 0.717) is 12.6 Å². The number of aliphatic hydroxyl groups excluding tert-OH is 1. The van der Waals surface area contributed by atoms with Gasteiger partial charge in [-0.25, -0.2) is 0 Å². The van der Waals surface area contributed by atoms with Crippen molar-refractivity contribution in [2.45, 2.75) is 62.6 Å². The minimum absolute atomic E-state index is 0.148. The van der Waals surface area contributed by atoms with Crippen LogP contribution in [0.5, 0.6) is 0 Å². The number of aryl methyl sites for hydroxylation is 1. The molecule has 0 radical (unpaired) electrons. The molecule has 2 aromatic rings. The lowest BCUT2D eigenvalue weighted by Crippen LogP contribution is -2.46. The summed E-state index contributed by atoms with van der Waals surface area (Å²) >= 11 is 1.84. The zero-order chi connectivity index (χ0) is 20.3. The fraction of sp³-hybridized carbons (Fsp3) is 0.571. The van der Waals surface area contributed by atoms with Crippen LogP contribution in [0.25, 0.3) is 0 Å². The second-order valence-corrected chi connectivity index (χ2v) is 8.43. The molecule has 8 heteroatoms. The third-order valence-electron chi connectivity index (χ3n) is 5.07. The predicted octanol–water partition coefficient (Wildman–Crippen LogP) is 2.47. The summed E-state index contributed by atoms with van der Waals surface area (Å²) < 4.78 is 2.06. The Bertz CT molecular complexity index is 743. The van der Waals surface area contributed by atoms with Crippen LogP contribution in [0, 0.1) is 0 Å². The van der Waals surface area contributed by atoms with Crippen molar-refractivity contribution in [2.24, 2.45) is 4.99 Å². The van der Waals surface area contributed by atoms with Crippen molar-refractivity contribution < 1.29 is 5.11 Å². The number of thioether (sulfide) groups is 1. The van der Waals surface area contributed by atoms with E-state index in [4.69, 9.17) is 4.99 Å². The molecule has 1 aliphatic carbocycles. The van der Waals surface area contributed by atoms with Crippen molar-refractivity contribution in [3.63, 3.8) is 0 Å². The summed E-state index contributed by atoms with van der Waals surface area (Å²) in [6, 6.07) is 10.8. The van der Waals surface area contributed by atoms with Crippen molar-refractivity contribution in [1.82, 2.24) is 25.4 Å². The van der Waals surface area contributed by atoms with E-state index < -0.39 is 0 Å². The van der Waals surface area contributed by atoms with Gasteiger partial charge in [0, 0.05) is 36.2 Å². The number of rotatable bonds is 9. The number of aliphatic hydroxyl groups is 1. The Kier molecular flexibility index (Phi) is 8.82. The highest BCUT2D eigenvalue weighted by atomic mass is 32.2. The summed E-state index contributed by atoms with van der Waals surface area (Å²) in [6.07, 6.45) is 6.16. The first-order chi connectivity index (χ1) is 14.2. The molecule has 0 amide bonds. The van der Waals surface area contributed by atoms with E-state index >= 15 is 0 Å². The first kappa shape index (κ1) is 21.6. The summed E-state index contributed by atoms with van der Waals surface area (Å²) in [5.74, 6) is 2.81. The highest BCUT2D eigenvalue weighted by Crippen LogP contribution is 2.18. The SMILES string of the molecule is CCc1nncn1CCN=C(NCCSc1ccccc1)NC1CCC(O)CC1. The monoisotopic (exact) mass is 416 g/mol. The molecule has 0 saturated heterocycles. The second kappa shape index (κ2) is 11.8. The maximum Gasteiger partial charge on any atom is 0.191 e. The molecule has 1 saturated carbocycles. The molecule has 1 aliphatic rings. The van der Waals surface area contributed by atoms with E-state index in [1.54, 1.807) is 6.33 Å².